The van der Waals surface area contributed by atoms with Gasteiger partial charge in [-0.2, -0.15) is 0 Å². The van der Waals surface area contributed by atoms with Gasteiger partial charge in [0, 0.05) is 12.5 Å². The van der Waals surface area contributed by atoms with Gasteiger partial charge in [0.1, 0.15) is 6.61 Å². The van der Waals surface area contributed by atoms with Gasteiger partial charge < -0.3 is 14.6 Å². The van der Waals surface area contributed by atoms with Crippen LogP contribution in [0, 0.1) is 5.92 Å². The molecular weight excluding hydrogens is 144 g/mol. The van der Waals surface area contributed by atoms with Crippen molar-refractivity contribution in [3.05, 3.63) is 0 Å². The second-order valence-electron chi connectivity index (χ2n) is 3.55. The summed E-state index contributed by atoms with van der Waals surface area (Å²) in [6, 6.07) is 0. The summed E-state index contributed by atoms with van der Waals surface area (Å²) in [7, 11) is 0. The lowest BCUT2D eigenvalue weighted by molar-refractivity contribution is -0.256. The van der Waals surface area contributed by atoms with Crippen molar-refractivity contribution < 1.29 is 14.6 Å². The summed E-state index contributed by atoms with van der Waals surface area (Å²) in [5.41, 5.74) is 0. The Balaban J connectivity index is 2.11. The van der Waals surface area contributed by atoms with Gasteiger partial charge in [0.05, 0.1) is 6.10 Å². The Labute approximate surface area is 66.3 Å². The smallest absolute Gasteiger partial charge is 0.192 e. The Morgan fingerprint density at radius 2 is 2.36 bits per heavy atom. The second kappa shape index (κ2) is 2.44. The third-order valence-electron chi connectivity index (χ3n) is 2.58. The maximum absolute atomic E-state index is 9.83. The normalized spacial score (nSPS) is 50.7. The molecule has 0 aromatic carbocycles. The molecule has 0 bridgehead atoms. The molecule has 11 heavy (non-hydrogen) atoms. The fraction of sp³-hybridized carbons (Fsp3) is 1.00. The quantitative estimate of drug-likeness (QED) is 0.558. The molecule has 0 saturated carbocycles. The number of hydrogen-bond donors (Lipinski definition) is 1. The van der Waals surface area contributed by atoms with Crippen molar-refractivity contribution >= 4 is 0 Å². The molecule has 0 aromatic heterocycles. The summed E-state index contributed by atoms with van der Waals surface area (Å²) < 4.78 is 10.5. The van der Waals surface area contributed by atoms with Crippen molar-refractivity contribution in [1.82, 2.24) is 0 Å². The molecule has 0 aliphatic carbocycles. The third kappa shape index (κ3) is 1.17. The highest BCUT2D eigenvalue weighted by Gasteiger charge is 2.47. The average Bonchev–Trinajstić information content (AvgIpc) is 2.22. The molecule has 0 aromatic rings. The Morgan fingerprint density at radius 3 is 3.09 bits per heavy atom. The van der Waals surface area contributed by atoms with Crippen molar-refractivity contribution in [3.63, 3.8) is 0 Å². The molecule has 3 nitrogen and oxygen atoms in total. The van der Waals surface area contributed by atoms with E-state index in [9.17, 15) is 5.11 Å². The first-order chi connectivity index (χ1) is 5.21. The zero-order chi connectivity index (χ0) is 7.90. The number of aliphatic hydroxyl groups is 1. The van der Waals surface area contributed by atoms with E-state index in [1.165, 1.54) is 0 Å². The average molecular weight is 158 g/mol. The Morgan fingerprint density at radius 1 is 1.55 bits per heavy atom. The first kappa shape index (κ1) is 7.53. The largest absolute Gasteiger partial charge is 0.376 e. The van der Waals surface area contributed by atoms with E-state index < -0.39 is 5.79 Å². The Bertz CT molecular complexity index is 159. The molecule has 0 amide bonds. The van der Waals surface area contributed by atoms with E-state index in [0.29, 0.717) is 12.5 Å². The topological polar surface area (TPSA) is 38.7 Å². The van der Waals surface area contributed by atoms with Crippen molar-refractivity contribution in [2.75, 3.05) is 13.2 Å². The van der Waals surface area contributed by atoms with Crippen molar-refractivity contribution in [1.29, 1.82) is 0 Å². The van der Waals surface area contributed by atoms with E-state index in [2.05, 4.69) is 0 Å². The SMILES string of the molecule is C[C@H]1CC2CCOCC2(O)O1. The molecule has 2 heterocycles. The highest BCUT2D eigenvalue weighted by Crippen LogP contribution is 2.38. The first-order valence-electron chi connectivity index (χ1n) is 4.19. The molecule has 0 spiro atoms. The molecule has 0 radical (unpaired) electrons. The Kier molecular flexibility index (Phi) is 1.67. The lowest BCUT2D eigenvalue weighted by atomic mass is 9.92. The molecule has 1 N–H and O–H groups in total. The predicted molar refractivity (Wildman–Crippen MR) is 39.0 cm³/mol. The molecule has 2 unspecified atom stereocenters. The van der Waals surface area contributed by atoms with Gasteiger partial charge in [0.2, 0.25) is 0 Å². The van der Waals surface area contributed by atoms with Gasteiger partial charge >= 0.3 is 0 Å². The van der Waals surface area contributed by atoms with E-state index in [0.717, 1.165) is 19.4 Å². The predicted octanol–water partition coefficient (Wildman–Crippen LogP) is 0.520. The van der Waals surface area contributed by atoms with Crippen LogP contribution in [0.4, 0.5) is 0 Å². The van der Waals surface area contributed by atoms with E-state index in [1.54, 1.807) is 0 Å². The fourth-order valence-corrected chi connectivity index (χ4v) is 2.02. The maximum atomic E-state index is 9.83. The molecule has 3 atom stereocenters. The molecule has 2 rings (SSSR count). The van der Waals surface area contributed by atoms with Crippen LogP contribution in [-0.2, 0) is 9.47 Å². The third-order valence-corrected chi connectivity index (χ3v) is 2.58. The van der Waals surface area contributed by atoms with Gasteiger partial charge in [0.25, 0.3) is 0 Å². The second-order valence-corrected chi connectivity index (χ2v) is 3.55. The highest BCUT2D eigenvalue weighted by molar-refractivity contribution is 4.88. The minimum Gasteiger partial charge on any atom is -0.376 e. The number of fused-ring (bicyclic) bond motifs is 1. The van der Waals surface area contributed by atoms with Crippen LogP contribution < -0.4 is 0 Å². The van der Waals surface area contributed by atoms with Crippen LogP contribution >= 0.6 is 0 Å². The highest BCUT2D eigenvalue weighted by atomic mass is 16.7. The van der Waals surface area contributed by atoms with Crippen LogP contribution in [0.25, 0.3) is 0 Å². The van der Waals surface area contributed by atoms with Gasteiger partial charge in [0.15, 0.2) is 5.79 Å². The molecule has 64 valence electrons. The minimum absolute atomic E-state index is 0.187. The lowest BCUT2D eigenvalue weighted by Crippen LogP contribution is -2.44. The molecule has 2 aliphatic rings. The summed E-state index contributed by atoms with van der Waals surface area (Å²) >= 11 is 0. The molecule has 3 heteroatoms. The van der Waals surface area contributed by atoms with Gasteiger partial charge in [-0.3, -0.25) is 0 Å². The number of rotatable bonds is 0. The molecule has 2 aliphatic heterocycles. The van der Waals surface area contributed by atoms with Gasteiger partial charge in [-0.05, 0) is 19.8 Å². The standard InChI is InChI=1S/C8H14O3/c1-6-4-7-2-3-10-5-8(7,9)11-6/h6-7,9H,2-5H2,1H3/t6-,7?,8?/m0/s1. The summed E-state index contributed by atoms with van der Waals surface area (Å²) in [5, 5.41) is 9.83. The maximum Gasteiger partial charge on any atom is 0.192 e. The minimum atomic E-state index is -0.961. The van der Waals surface area contributed by atoms with Crippen LogP contribution in [-0.4, -0.2) is 30.2 Å². The summed E-state index contributed by atoms with van der Waals surface area (Å²) in [4.78, 5) is 0. The van der Waals surface area contributed by atoms with Crippen LogP contribution in [0.1, 0.15) is 19.8 Å². The molecular formula is C8H14O3. The Hall–Kier alpha value is -0.120. The van der Waals surface area contributed by atoms with Crippen LogP contribution in [0.5, 0.6) is 0 Å². The number of hydrogen-bond acceptors (Lipinski definition) is 3. The fourth-order valence-electron chi connectivity index (χ4n) is 2.02. The molecule has 2 fully saturated rings. The summed E-state index contributed by atoms with van der Waals surface area (Å²) in [6.45, 7) is 3.11. The van der Waals surface area contributed by atoms with E-state index >= 15 is 0 Å². The van der Waals surface area contributed by atoms with E-state index in [1.807, 2.05) is 6.92 Å². The number of ether oxygens (including phenoxy) is 2. The van der Waals surface area contributed by atoms with Gasteiger partial charge in [-0.1, -0.05) is 0 Å². The van der Waals surface area contributed by atoms with E-state index in [4.69, 9.17) is 9.47 Å². The van der Waals surface area contributed by atoms with Crippen molar-refractivity contribution in [3.8, 4) is 0 Å². The van der Waals surface area contributed by atoms with Crippen molar-refractivity contribution in [2.24, 2.45) is 5.92 Å². The van der Waals surface area contributed by atoms with Crippen molar-refractivity contribution in [2.45, 2.75) is 31.7 Å². The van der Waals surface area contributed by atoms with E-state index in [-0.39, 0.29) is 6.10 Å². The summed E-state index contributed by atoms with van der Waals surface area (Å²) in [5.74, 6) is -0.663. The lowest BCUT2D eigenvalue weighted by Gasteiger charge is -2.32. The summed E-state index contributed by atoms with van der Waals surface area (Å²) in [6.07, 6.45) is 2.09. The molecule has 2 saturated heterocycles. The zero-order valence-electron chi connectivity index (χ0n) is 6.75. The van der Waals surface area contributed by atoms with Gasteiger partial charge in [-0.25, -0.2) is 0 Å². The monoisotopic (exact) mass is 158 g/mol. The van der Waals surface area contributed by atoms with Gasteiger partial charge in [-0.15, -0.1) is 0 Å². The van der Waals surface area contributed by atoms with Crippen LogP contribution in [0.2, 0.25) is 0 Å². The van der Waals surface area contributed by atoms with Crippen LogP contribution in [0.15, 0.2) is 0 Å². The first-order valence-corrected chi connectivity index (χ1v) is 4.19. The zero-order valence-corrected chi connectivity index (χ0v) is 6.75. The van der Waals surface area contributed by atoms with Crippen LogP contribution in [0.3, 0.4) is 0 Å².